The third-order valence-corrected chi connectivity index (χ3v) is 4.59. The van der Waals surface area contributed by atoms with Gasteiger partial charge in [-0.25, -0.2) is 5.43 Å². The Kier molecular flexibility index (Phi) is 7.04. The van der Waals surface area contributed by atoms with Crippen LogP contribution in [0.4, 0.5) is 18.9 Å². The van der Waals surface area contributed by atoms with Gasteiger partial charge in [0.05, 0.1) is 12.1 Å². The van der Waals surface area contributed by atoms with E-state index in [-0.39, 0.29) is 18.0 Å². The van der Waals surface area contributed by atoms with Crippen molar-refractivity contribution in [3.63, 3.8) is 0 Å². The number of nitrogens with one attached hydrogen (secondary N) is 2. The van der Waals surface area contributed by atoms with Crippen molar-refractivity contribution in [1.82, 2.24) is 5.43 Å². The highest BCUT2D eigenvalue weighted by Crippen LogP contribution is 2.20. The van der Waals surface area contributed by atoms with Gasteiger partial charge in [0.15, 0.2) is 0 Å². The Morgan fingerprint density at radius 3 is 2.03 bits per heavy atom. The zero-order valence-electron chi connectivity index (χ0n) is 17.1. The van der Waals surface area contributed by atoms with Crippen LogP contribution < -0.4 is 10.7 Å². The normalized spacial score (nSPS) is 11.7. The number of carbonyl (C=O) groups is 2. The molecule has 0 aliphatic carbocycles. The molecule has 32 heavy (non-hydrogen) atoms. The van der Waals surface area contributed by atoms with E-state index in [1.54, 1.807) is 12.2 Å². The Morgan fingerprint density at radius 2 is 1.44 bits per heavy atom. The zero-order chi connectivity index (χ0) is 23.1. The van der Waals surface area contributed by atoms with E-state index in [0.717, 1.165) is 16.7 Å². The number of alkyl halides is 3. The van der Waals surface area contributed by atoms with Gasteiger partial charge in [-0.2, -0.15) is 18.3 Å². The minimum absolute atomic E-state index is 0.00635. The number of halogens is 3. The average molecular weight is 439 g/mol. The van der Waals surface area contributed by atoms with Crippen LogP contribution in [0.3, 0.4) is 0 Å². The number of nitrogens with zero attached hydrogens (tertiary/aromatic N) is 1. The molecule has 2 N–H and O–H groups in total. The molecule has 0 atom stereocenters. The predicted molar refractivity (Wildman–Crippen MR) is 117 cm³/mol. The molecule has 5 nitrogen and oxygen atoms in total. The van der Waals surface area contributed by atoms with Crippen molar-refractivity contribution in [1.29, 1.82) is 0 Å². The third-order valence-electron chi connectivity index (χ3n) is 4.59. The molecular formula is C24H20F3N3O2. The second kappa shape index (κ2) is 9.91. The van der Waals surface area contributed by atoms with Crippen LogP contribution in [0.2, 0.25) is 0 Å². The summed E-state index contributed by atoms with van der Waals surface area (Å²) in [7, 11) is 0. The van der Waals surface area contributed by atoms with Crippen LogP contribution in [0.25, 0.3) is 11.1 Å². The molecule has 0 saturated carbocycles. The zero-order valence-corrected chi connectivity index (χ0v) is 17.1. The van der Waals surface area contributed by atoms with Gasteiger partial charge in [0.1, 0.15) is 0 Å². The van der Waals surface area contributed by atoms with Crippen molar-refractivity contribution in [2.45, 2.75) is 19.5 Å². The molecule has 0 aliphatic rings. The number of hydrazone groups is 1. The highest BCUT2D eigenvalue weighted by molar-refractivity contribution is 6.00. The molecule has 2 amide bonds. The quantitative estimate of drug-likeness (QED) is 0.422. The number of rotatable bonds is 6. The first-order chi connectivity index (χ1) is 15.2. The lowest BCUT2D eigenvalue weighted by Crippen LogP contribution is -2.29. The molecular weight excluding hydrogens is 419 g/mol. The van der Waals surface area contributed by atoms with E-state index < -0.39 is 12.1 Å². The van der Waals surface area contributed by atoms with E-state index in [0.29, 0.717) is 11.3 Å². The Labute approximate surface area is 183 Å². The summed E-state index contributed by atoms with van der Waals surface area (Å²) in [6.45, 7) is 1.65. The SMILES string of the molecule is C/C(=N/NC(=O)Cc1ccc(-c2ccccc2)cc1)c1ccc(NC(=O)C(F)(F)F)cc1. The fourth-order valence-corrected chi connectivity index (χ4v) is 2.88. The fraction of sp³-hybridized carbons (Fsp3) is 0.125. The summed E-state index contributed by atoms with van der Waals surface area (Å²) >= 11 is 0. The van der Waals surface area contributed by atoms with Gasteiger partial charge in [-0.1, -0.05) is 66.7 Å². The molecule has 0 radical (unpaired) electrons. The molecule has 0 aliphatic heterocycles. The van der Waals surface area contributed by atoms with Gasteiger partial charge in [-0.05, 0) is 41.3 Å². The van der Waals surface area contributed by atoms with Gasteiger partial charge in [0, 0.05) is 5.69 Å². The van der Waals surface area contributed by atoms with Crippen LogP contribution in [0, 0.1) is 0 Å². The molecule has 0 aromatic heterocycles. The molecule has 3 rings (SSSR count). The van der Waals surface area contributed by atoms with Gasteiger partial charge in [-0.15, -0.1) is 0 Å². The summed E-state index contributed by atoms with van der Waals surface area (Å²) in [5.74, 6) is -2.34. The molecule has 3 aromatic rings. The molecule has 0 unspecified atom stereocenters. The van der Waals surface area contributed by atoms with Crippen molar-refractivity contribution in [3.05, 3.63) is 90.0 Å². The average Bonchev–Trinajstić information content (AvgIpc) is 2.78. The van der Waals surface area contributed by atoms with Crippen LogP contribution in [0.5, 0.6) is 0 Å². The van der Waals surface area contributed by atoms with Crippen molar-refractivity contribution in [2.24, 2.45) is 5.10 Å². The second-order valence-electron chi connectivity index (χ2n) is 7.00. The van der Waals surface area contributed by atoms with Gasteiger partial charge in [0.2, 0.25) is 5.91 Å². The minimum Gasteiger partial charge on any atom is -0.318 e. The van der Waals surface area contributed by atoms with E-state index in [1.807, 2.05) is 54.6 Å². The molecule has 0 spiro atoms. The van der Waals surface area contributed by atoms with Crippen molar-refractivity contribution in [2.75, 3.05) is 5.32 Å². The van der Waals surface area contributed by atoms with Gasteiger partial charge < -0.3 is 5.32 Å². The summed E-state index contributed by atoms with van der Waals surface area (Å²) in [6, 6.07) is 23.2. The molecule has 0 saturated heterocycles. The number of hydrogen-bond acceptors (Lipinski definition) is 3. The maximum absolute atomic E-state index is 12.3. The molecule has 3 aromatic carbocycles. The Bertz CT molecular complexity index is 1110. The lowest BCUT2D eigenvalue weighted by Gasteiger charge is -2.09. The Balaban J connectivity index is 1.55. The fourth-order valence-electron chi connectivity index (χ4n) is 2.88. The van der Waals surface area contributed by atoms with E-state index in [2.05, 4.69) is 10.5 Å². The molecule has 164 valence electrons. The van der Waals surface area contributed by atoms with Crippen LogP contribution in [0.15, 0.2) is 84.0 Å². The van der Waals surface area contributed by atoms with E-state index in [9.17, 15) is 22.8 Å². The number of benzene rings is 3. The highest BCUT2D eigenvalue weighted by Gasteiger charge is 2.38. The van der Waals surface area contributed by atoms with E-state index in [1.165, 1.54) is 24.3 Å². The first-order valence-corrected chi connectivity index (χ1v) is 9.68. The van der Waals surface area contributed by atoms with Gasteiger partial charge in [-0.3, -0.25) is 9.59 Å². The summed E-state index contributed by atoms with van der Waals surface area (Å²) < 4.78 is 36.9. The third kappa shape index (κ3) is 6.28. The smallest absolute Gasteiger partial charge is 0.318 e. The number of carbonyl (C=O) groups excluding carboxylic acids is 2. The summed E-state index contributed by atoms with van der Waals surface area (Å²) in [5.41, 5.74) is 6.51. The van der Waals surface area contributed by atoms with Crippen LogP contribution in [-0.4, -0.2) is 23.7 Å². The lowest BCUT2D eigenvalue weighted by atomic mass is 10.0. The molecule has 0 bridgehead atoms. The van der Waals surface area contributed by atoms with Crippen LogP contribution in [0.1, 0.15) is 18.1 Å². The summed E-state index contributed by atoms with van der Waals surface area (Å²) in [6.07, 6.45) is -4.81. The largest absolute Gasteiger partial charge is 0.471 e. The standard InChI is InChI=1S/C24H20F3N3O2/c1-16(18-11-13-21(14-12-18)28-23(32)24(25,26)27)29-30-22(31)15-17-7-9-20(10-8-17)19-5-3-2-4-6-19/h2-14H,15H2,1H3,(H,28,32)(H,30,31)/b29-16-. The second-order valence-corrected chi connectivity index (χ2v) is 7.00. The van der Waals surface area contributed by atoms with Crippen LogP contribution in [-0.2, 0) is 16.0 Å². The summed E-state index contributed by atoms with van der Waals surface area (Å²) in [5, 5.41) is 5.80. The van der Waals surface area contributed by atoms with Crippen LogP contribution >= 0.6 is 0 Å². The maximum atomic E-state index is 12.3. The first-order valence-electron chi connectivity index (χ1n) is 9.68. The van der Waals surface area contributed by atoms with Crippen molar-refractivity contribution in [3.8, 4) is 11.1 Å². The number of hydrogen-bond donors (Lipinski definition) is 2. The van der Waals surface area contributed by atoms with Gasteiger partial charge >= 0.3 is 12.1 Å². The molecule has 0 heterocycles. The Morgan fingerprint density at radius 1 is 0.844 bits per heavy atom. The number of amides is 2. The van der Waals surface area contributed by atoms with Crippen molar-refractivity contribution < 1.29 is 22.8 Å². The lowest BCUT2D eigenvalue weighted by molar-refractivity contribution is -0.167. The van der Waals surface area contributed by atoms with Crippen molar-refractivity contribution >= 4 is 23.2 Å². The maximum Gasteiger partial charge on any atom is 0.471 e. The Hall–Kier alpha value is -3.94. The minimum atomic E-state index is -4.96. The predicted octanol–water partition coefficient (Wildman–Crippen LogP) is 4.94. The summed E-state index contributed by atoms with van der Waals surface area (Å²) in [4.78, 5) is 23.2. The molecule has 8 heteroatoms. The van der Waals surface area contributed by atoms with E-state index in [4.69, 9.17) is 0 Å². The van der Waals surface area contributed by atoms with Gasteiger partial charge in [0.25, 0.3) is 0 Å². The van der Waals surface area contributed by atoms with E-state index >= 15 is 0 Å². The number of anilines is 1. The topological polar surface area (TPSA) is 70.6 Å². The first kappa shape index (κ1) is 22.7. The molecule has 0 fully saturated rings. The highest BCUT2D eigenvalue weighted by atomic mass is 19.4. The monoisotopic (exact) mass is 439 g/mol.